The van der Waals surface area contributed by atoms with E-state index in [1.165, 1.54) is 15.9 Å². The Labute approximate surface area is 170 Å². The van der Waals surface area contributed by atoms with Gasteiger partial charge in [0.25, 0.3) is 0 Å². The van der Waals surface area contributed by atoms with Crippen molar-refractivity contribution >= 4 is 5.91 Å². The van der Waals surface area contributed by atoms with Crippen molar-refractivity contribution in [3.63, 3.8) is 0 Å². The van der Waals surface area contributed by atoms with Gasteiger partial charge in [-0.3, -0.25) is 9.69 Å². The average Bonchev–Trinajstić information content (AvgIpc) is 3.25. The first-order valence-electron chi connectivity index (χ1n) is 10.0. The van der Waals surface area contributed by atoms with Gasteiger partial charge in [0.2, 0.25) is 11.7 Å². The molecule has 0 radical (unpaired) electrons. The second-order valence-electron chi connectivity index (χ2n) is 7.56. The van der Waals surface area contributed by atoms with Gasteiger partial charge in [0.15, 0.2) is 0 Å². The molecule has 1 unspecified atom stereocenters. The Kier molecular flexibility index (Phi) is 5.67. The van der Waals surface area contributed by atoms with E-state index in [1.807, 2.05) is 49.1 Å². The molecule has 0 aliphatic carbocycles. The van der Waals surface area contributed by atoms with Crippen LogP contribution >= 0.6 is 0 Å². The van der Waals surface area contributed by atoms with E-state index < -0.39 is 6.04 Å². The van der Waals surface area contributed by atoms with Crippen molar-refractivity contribution in [1.29, 1.82) is 0 Å². The molecule has 1 atom stereocenters. The molecule has 1 aliphatic heterocycles. The van der Waals surface area contributed by atoms with E-state index in [0.717, 1.165) is 38.3 Å². The van der Waals surface area contributed by atoms with Crippen molar-refractivity contribution < 1.29 is 4.79 Å². The summed E-state index contributed by atoms with van der Waals surface area (Å²) >= 11 is 0. The van der Waals surface area contributed by atoms with E-state index in [2.05, 4.69) is 44.6 Å². The van der Waals surface area contributed by atoms with Crippen LogP contribution in [0.3, 0.4) is 0 Å². The molecular weight excluding hydrogens is 364 g/mol. The van der Waals surface area contributed by atoms with Crippen molar-refractivity contribution in [2.45, 2.75) is 26.4 Å². The van der Waals surface area contributed by atoms with Crippen LogP contribution < -0.4 is 0 Å². The molecule has 1 amide bonds. The smallest absolute Gasteiger partial charge is 0.249 e. The van der Waals surface area contributed by atoms with E-state index >= 15 is 0 Å². The molecule has 0 saturated carbocycles. The Morgan fingerprint density at radius 2 is 1.69 bits per heavy atom. The molecule has 1 aromatic heterocycles. The van der Waals surface area contributed by atoms with Gasteiger partial charge in [-0.1, -0.05) is 60.2 Å². The lowest BCUT2D eigenvalue weighted by atomic mass is 10.1. The molecule has 150 valence electrons. The summed E-state index contributed by atoms with van der Waals surface area (Å²) in [6, 6.07) is 17.9. The van der Waals surface area contributed by atoms with Gasteiger partial charge in [-0.05, 0) is 24.6 Å². The fourth-order valence-electron chi connectivity index (χ4n) is 3.54. The fraction of sp³-hybridized carbons (Fsp3) is 0.364. The largest absolute Gasteiger partial charge is 0.338 e. The summed E-state index contributed by atoms with van der Waals surface area (Å²) in [5, 5.41) is 12.7. The van der Waals surface area contributed by atoms with E-state index in [-0.39, 0.29) is 5.91 Å². The topological polar surface area (TPSA) is 67.2 Å². The number of amides is 1. The van der Waals surface area contributed by atoms with Crippen LogP contribution in [0, 0.1) is 6.92 Å². The quantitative estimate of drug-likeness (QED) is 0.670. The van der Waals surface area contributed by atoms with Crippen LogP contribution in [0.4, 0.5) is 0 Å². The van der Waals surface area contributed by atoms with Crippen LogP contribution in [-0.4, -0.2) is 62.1 Å². The van der Waals surface area contributed by atoms with Crippen LogP contribution in [0.25, 0.3) is 11.4 Å². The molecule has 1 fully saturated rings. The normalized spacial score (nSPS) is 16.0. The van der Waals surface area contributed by atoms with Crippen LogP contribution in [0.5, 0.6) is 0 Å². The Morgan fingerprint density at radius 1 is 1.00 bits per heavy atom. The SMILES string of the molecule is Cc1ccc(-c2nnn(C(C)C(=O)N3CCN(Cc4ccccc4)CC3)n2)cc1. The molecule has 1 saturated heterocycles. The van der Waals surface area contributed by atoms with Gasteiger partial charge in [-0.2, -0.15) is 4.80 Å². The number of carbonyl (C=O) groups is 1. The maximum atomic E-state index is 12.9. The monoisotopic (exact) mass is 390 g/mol. The second kappa shape index (κ2) is 8.53. The number of hydrogen-bond donors (Lipinski definition) is 0. The van der Waals surface area contributed by atoms with Crippen molar-refractivity contribution in [3.8, 4) is 11.4 Å². The summed E-state index contributed by atoms with van der Waals surface area (Å²) in [5.74, 6) is 0.578. The van der Waals surface area contributed by atoms with Crippen LogP contribution in [-0.2, 0) is 11.3 Å². The van der Waals surface area contributed by atoms with Crippen molar-refractivity contribution in [2.24, 2.45) is 0 Å². The van der Waals surface area contributed by atoms with Crippen LogP contribution in [0.15, 0.2) is 54.6 Å². The number of aromatic nitrogens is 4. The molecule has 4 rings (SSSR count). The highest BCUT2D eigenvalue weighted by Crippen LogP contribution is 2.17. The van der Waals surface area contributed by atoms with Crippen molar-refractivity contribution in [2.75, 3.05) is 26.2 Å². The summed E-state index contributed by atoms with van der Waals surface area (Å²) < 4.78 is 0. The highest BCUT2D eigenvalue weighted by Gasteiger charge is 2.27. The third-order valence-corrected chi connectivity index (χ3v) is 5.37. The first-order chi connectivity index (χ1) is 14.1. The minimum absolute atomic E-state index is 0.0391. The van der Waals surface area contributed by atoms with Gasteiger partial charge in [-0.15, -0.1) is 10.2 Å². The molecule has 0 spiro atoms. The third kappa shape index (κ3) is 4.51. The summed E-state index contributed by atoms with van der Waals surface area (Å²) in [4.78, 5) is 18.6. The van der Waals surface area contributed by atoms with Crippen LogP contribution in [0.2, 0.25) is 0 Å². The lowest BCUT2D eigenvalue weighted by Crippen LogP contribution is -2.50. The van der Waals surface area contributed by atoms with Crippen LogP contribution in [0.1, 0.15) is 24.1 Å². The summed E-state index contributed by atoms with van der Waals surface area (Å²) in [6.07, 6.45) is 0. The number of tetrazole rings is 1. The second-order valence-corrected chi connectivity index (χ2v) is 7.56. The van der Waals surface area contributed by atoms with Gasteiger partial charge in [0.1, 0.15) is 6.04 Å². The van der Waals surface area contributed by atoms with Gasteiger partial charge in [-0.25, -0.2) is 0 Å². The number of carbonyl (C=O) groups excluding carboxylic acids is 1. The van der Waals surface area contributed by atoms with Gasteiger partial charge in [0, 0.05) is 38.3 Å². The number of piperazine rings is 1. The molecule has 2 heterocycles. The summed E-state index contributed by atoms with van der Waals surface area (Å²) in [7, 11) is 0. The molecule has 7 nitrogen and oxygen atoms in total. The lowest BCUT2D eigenvalue weighted by Gasteiger charge is -2.35. The number of nitrogens with zero attached hydrogens (tertiary/aromatic N) is 6. The zero-order valence-electron chi connectivity index (χ0n) is 16.9. The van der Waals surface area contributed by atoms with Gasteiger partial charge < -0.3 is 4.90 Å². The van der Waals surface area contributed by atoms with Crippen molar-refractivity contribution in [1.82, 2.24) is 30.0 Å². The Balaban J connectivity index is 1.34. The maximum absolute atomic E-state index is 12.9. The van der Waals surface area contributed by atoms with Crippen molar-refractivity contribution in [3.05, 3.63) is 65.7 Å². The predicted molar refractivity (Wildman–Crippen MR) is 111 cm³/mol. The van der Waals surface area contributed by atoms with E-state index in [4.69, 9.17) is 0 Å². The van der Waals surface area contributed by atoms with Gasteiger partial charge >= 0.3 is 0 Å². The zero-order chi connectivity index (χ0) is 20.2. The highest BCUT2D eigenvalue weighted by molar-refractivity contribution is 5.80. The molecule has 1 aliphatic rings. The maximum Gasteiger partial charge on any atom is 0.249 e. The first kappa shape index (κ1) is 19.3. The molecule has 7 heteroatoms. The Morgan fingerprint density at radius 3 is 2.38 bits per heavy atom. The molecule has 29 heavy (non-hydrogen) atoms. The van der Waals surface area contributed by atoms with Gasteiger partial charge in [0.05, 0.1) is 0 Å². The molecule has 0 bridgehead atoms. The predicted octanol–water partition coefficient (Wildman–Crippen LogP) is 2.55. The van der Waals surface area contributed by atoms with E-state index in [1.54, 1.807) is 0 Å². The highest BCUT2D eigenvalue weighted by atomic mass is 16.2. The minimum atomic E-state index is -0.470. The number of rotatable bonds is 5. The number of aryl methyl sites for hydroxylation is 1. The first-order valence-corrected chi connectivity index (χ1v) is 10.0. The lowest BCUT2D eigenvalue weighted by molar-refractivity contribution is -0.136. The summed E-state index contributed by atoms with van der Waals surface area (Å²) in [6.45, 7) is 7.96. The fourth-order valence-corrected chi connectivity index (χ4v) is 3.54. The average molecular weight is 390 g/mol. The molecule has 3 aromatic rings. The summed E-state index contributed by atoms with van der Waals surface area (Å²) in [5.41, 5.74) is 3.38. The third-order valence-electron chi connectivity index (χ3n) is 5.37. The minimum Gasteiger partial charge on any atom is -0.338 e. The Bertz CT molecular complexity index is 945. The van der Waals surface area contributed by atoms with E-state index in [0.29, 0.717) is 5.82 Å². The molecule has 2 aromatic carbocycles. The molecular formula is C22H26N6O. The number of benzene rings is 2. The zero-order valence-corrected chi connectivity index (χ0v) is 16.9. The molecule has 0 N–H and O–H groups in total. The Hall–Kier alpha value is -3.06. The number of hydrogen-bond acceptors (Lipinski definition) is 5. The standard InChI is InChI=1S/C22H26N6O/c1-17-8-10-20(11-9-17)21-23-25-28(24-21)18(2)22(29)27-14-12-26(13-15-27)16-19-6-4-3-5-7-19/h3-11,18H,12-16H2,1-2H3. The van der Waals surface area contributed by atoms with E-state index in [9.17, 15) is 4.79 Å².